The lowest BCUT2D eigenvalue weighted by Crippen LogP contribution is -2.21. The van der Waals surface area contributed by atoms with Gasteiger partial charge in [-0.05, 0) is 30.3 Å². The van der Waals surface area contributed by atoms with Gasteiger partial charge in [0.1, 0.15) is 18.5 Å². The van der Waals surface area contributed by atoms with Crippen molar-refractivity contribution in [2.24, 2.45) is 0 Å². The van der Waals surface area contributed by atoms with Gasteiger partial charge in [-0.25, -0.2) is 18.4 Å². The number of benzene rings is 2. The monoisotopic (exact) mass is 364 g/mol. The van der Waals surface area contributed by atoms with Gasteiger partial charge in [0, 0.05) is 11.1 Å². The second-order valence-corrected chi connectivity index (χ2v) is 5.35. The van der Waals surface area contributed by atoms with Gasteiger partial charge in [-0.1, -0.05) is 11.6 Å². The lowest BCUT2D eigenvalue weighted by Gasteiger charge is -2.12. The van der Waals surface area contributed by atoms with E-state index < -0.39 is 24.1 Å². The summed E-state index contributed by atoms with van der Waals surface area (Å²) in [6.45, 7) is -0.466. The van der Waals surface area contributed by atoms with E-state index in [2.05, 4.69) is 15.4 Å². The van der Waals surface area contributed by atoms with Crippen LogP contribution in [-0.2, 0) is 4.79 Å². The molecule has 0 saturated heterocycles. The summed E-state index contributed by atoms with van der Waals surface area (Å²) in [7, 11) is 0. The Kier molecular flexibility index (Phi) is 4.90. The van der Waals surface area contributed by atoms with Crippen LogP contribution in [0.5, 0.6) is 5.75 Å². The van der Waals surface area contributed by atoms with Gasteiger partial charge in [-0.15, -0.1) is 0 Å². The van der Waals surface area contributed by atoms with Gasteiger partial charge >= 0.3 is 0 Å². The van der Waals surface area contributed by atoms with Crippen molar-refractivity contribution in [2.45, 2.75) is 0 Å². The second-order valence-electron chi connectivity index (χ2n) is 4.91. The number of hydrogen-bond donors (Lipinski definition) is 1. The molecule has 1 amide bonds. The van der Waals surface area contributed by atoms with Crippen LogP contribution in [0.15, 0.2) is 49.1 Å². The minimum Gasteiger partial charge on any atom is -0.481 e. The number of aromatic nitrogens is 3. The number of anilines is 1. The van der Waals surface area contributed by atoms with Crippen molar-refractivity contribution < 1.29 is 18.3 Å². The molecule has 6 nitrogen and oxygen atoms in total. The Morgan fingerprint density at radius 1 is 1.24 bits per heavy atom. The predicted octanol–water partition coefficient (Wildman–Crippen LogP) is 3.22. The lowest BCUT2D eigenvalue weighted by atomic mass is 10.2. The van der Waals surface area contributed by atoms with Gasteiger partial charge in [-0.2, -0.15) is 5.10 Å². The average molecular weight is 365 g/mol. The molecule has 1 aromatic heterocycles. The fraction of sp³-hybridized carbons (Fsp3) is 0.0625. The van der Waals surface area contributed by atoms with Crippen LogP contribution in [0.4, 0.5) is 14.5 Å². The van der Waals surface area contributed by atoms with Crippen LogP contribution in [-0.4, -0.2) is 27.3 Å². The Labute approximate surface area is 146 Å². The fourth-order valence-corrected chi connectivity index (χ4v) is 2.23. The smallest absolute Gasteiger partial charge is 0.262 e. The second kappa shape index (κ2) is 7.27. The van der Waals surface area contributed by atoms with Crippen molar-refractivity contribution in [3.05, 3.63) is 65.7 Å². The van der Waals surface area contributed by atoms with Gasteiger partial charge in [0.2, 0.25) is 0 Å². The highest BCUT2D eigenvalue weighted by atomic mass is 35.5. The summed E-state index contributed by atoms with van der Waals surface area (Å²) in [5.74, 6) is -2.39. The number of ether oxygens (including phenoxy) is 1. The fourth-order valence-electron chi connectivity index (χ4n) is 2.06. The van der Waals surface area contributed by atoms with Crippen molar-refractivity contribution in [1.29, 1.82) is 0 Å². The molecule has 2 aromatic carbocycles. The van der Waals surface area contributed by atoms with Crippen molar-refractivity contribution in [2.75, 3.05) is 11.9 Å². The van der Waals surface area contributed by atoms with E-state index in [0.29, 0.717) is 22.5 Å². The largest absolute Gasteiger partial charge is 0.481 e. The van der Waals surface area contributed by atoms with Crippen molar-refractivity contribution in [1.82, 2.24) is 14.8 Å². The van der Waals surface area contributed by atoms with Crippen LogP contribution < -0.4 is 10.1 Å². The summed E-state index contributed by atoms with van der Waals surface area (Å²) < 4.78 is 32.9. The molecule has 0 unspecified atom stereocenters. The molecule has 1 N–H and O–H groups in total. The summed E-state index contributed by atoms with van der Waals surface area (Å²) in [4.78, 5) is 15.9. The summed E-state index contributed by atoms with van der Waals surface area (Å²) in [5.41, 5.74) is 0.925. The highest BCUT2D eigenvalue weighted by molar-refractivity contribution is 6.31. The number of halogens is 3. The Morgan fingerprint density at radius 3 is 2.80 bits per heavy atom. The number of carbonyl (C=O) groups excluding carboxylic acids is 1. The zero-order chi connectivity index (χ0) is 17.8. The van der Waals surface area contributed by atoms with E-state index in [1.165, 1.54) is 23.4 Å². The van der Waals surface area contributed by atoms with Crippen LogP contribution >= 0.6 is 11.6 Å². The highest BCUT2D eigenvalue weighted by Gasteiger charge is 2.12. The summed E-state index contributed by atoms with van der Waals surface area (Å²) in [6.07, 6.45) is 2.81. The molecule has 128 valence electrons. The number of hydrogen-bond acceptors (Lipinski definition) is 4. The molecule has 0 spiro atoms. The first-order chi connectivity index (χ1) is 12.0. The quantitative estimate of drug-likeness (QED) is 0.754. The van der Waals surface area contributed by atoms with E-state index in [9.17, 15) is 13.6 Å². The third kappa shape index (κ3) is 4.10. The Bertz CT molecular complexity index is 903. The third-order valence-electron chi connectivity index (χ3n) is 3.15. The zero-order valence-corrected chi connectivity index (χ0v) is 13.4. The molecule has 0 aliphatic heterocycles. The van der Waals surface area contributed by atoms with Crippen LogP contribution in [0.2, 0.25) is 5.02 Å². The standard InChI is InChI=1S/C16H11ClF2N4O2/c17-10-1-3-14(23-9-20-8-21-23)13(5-10)22-16(24)7-25-15-4-2-11(18)6-12(15)19/h1-6,8-9H,7H2,(H,22,24). The SMILES string of the molecule is O=C(COc1ccc(F)cc1F)Nc1cc(Cl)ccc1-n1cncn1. The van der Waals surface area contributed by atoms with Gasteiger partial charge in [0.05, 0.1) is 11.4 Å². The molecule has 25 heavy (non-hydrogen) atoms. The van der Waals surface area contributed by atoms with Crippen molar-refractivity contribution in [3.8, 4) is 11.4 Å². The number of nitrogens with zero attached hydrogens (tertiary/aromatic N) is 3. The molecular formula is C16H11ClF2N4O2. The van der Waals surface area contributed by atoms with Crippen molar-refractivity contribution >= 4 is 23.2 Å². The third-order valence-corrected chi connectivity index (χ3v) is 3.39. The van der Waals surface area contributed by atoms with Gasteiger partial charge in [-0.3, -0.25) is 4.79 Å². The van der Waals surface area contributed by atoms with Crippen LogP contribution in [0.1, 0.15) is 0 Å². The van der Waals surface area contributed by atoms with Crippen LogP contribution in [0.3, 0.4) is 0 Å². The Morgan fingerprint density at radius 2 is 2.08 bits per heavy atom. The minimum atomic E-state index is -0.890. The summed E-state index contributed by atoms with van der Waals surface area (Å²) >= 11 is 5.96. The average Bonchev–Trinajstić information content (AvgIpc) is 3.08. The van der Waals surface area contributed by atoms with E-state index in [0.717, 1.165) is 12.1 Å². The van der Waals surface area contributed by atoms with E-state index in [1.807, 2.05) is 0 Å². The van der Waals surface area contributed by atoms with E-state index in [-0.39, 0.29) is 5.75 Å². The molecule has 0 radical (unpaired) electrons. The molecule has 0 saturated carbocycles. The Balaban J connectivity index is 1.72. The van der Waals surface area contributed by atoms with Gasteiger partial charge in [0.15, 0.2) is 18.2 Å². The normalized spacial score (nSPS) is 10.5. The van der Waals surface area contributed by atoms with E-state index in [4.69, 9.17) is 16.3 Å². The maximum atomic E-state index is 13.5. The lowest BCUT2D eigenvalue weighted by molar-refractivity contribution is -0.118. The van der Waals surface area contributed by atoms with Crippen molar-refractivity contribution in [3.63, 3.8) is 0 Å². The molecular weight excluding hydrogens is 354 g/mol. The van der Waals surface area contributed by atoms with Gasteiger partial charge in [0.25, 0.3) is 5.91 Å². The van der Waals surface area contributed by atoms with E-state index in [1.54, 1.807) is 12.1 Å². The molecule has 3 aromatic rings. The van der Waals surface area contributed by atoms with E-state index >= 15 is 0 Å². The number of rotatable bonds is 5. The first-order valence-corrected chi connectivity index (χ1v) is 7.43. The van der Waals surface area contributed by atoms with Crippen LogP contribution in [0, 0.1) is 11.6 Å². The summed E-state index contributed by atoms with van der Waals surface area (Å²) in [5, 5.41) is 7.01. The maximum absolute atomic E-state index is 13.5. The van der Waals surface area contributed by atoms with Gasteiger partial charge < -0.3 is 10.1 Å². The molecule has 0 aliphatic rings. The Hall–Kier alpha value is -3.00. The number of nitrogens with one attached hydrogen (secondary N) is 1. The number of carbonyl (C=O) groups is 1. The molecule has 0 atom stereocenters. The molecule has 0 fully saturated rings. The molecule has 1 heterocycles. The predicted molar refractivity (Wildman–Crippen MR) is 86.9 cm³/mol. The summed E-state index contributed by atoms with van der Waals surface area (Å²) in [6, 6.07) is 7.65. The first-order valence-electron chi connectivity index (χ1n) is 7.05. The first kappa shape index (κ1) is 16.8. The highest BCUT2D eigenvalue weighted by Crippen LogP contribution is 2.24. The number of amides is 1. The zero-order valence-electron chi connectivity index (χ0n) is 12.6. The molecule has 9 heteroatoms. The maximum Gasteiger partial charge on any atom is 0.262 e. The minimum absolute atomic E-state index is 0.223. The molecule has 3 rings (SSSR count). The topological polar surface area (TPSA) is 69.0 Å². The molecule has 0 aliphatic carbocycles. The van der Waals surface area contributed by atoms with Crippen LogP contribution in [0.25, 0.3) is 5.69 Å². The molecule has 0 bridgehead atoms.